The number of aliphatic hydroxyl groups excluding tert-OH is 1. The highest BCUT2D eigenvalue weighted by atomic mass is 32.2. The van der Waals surface area contributed by atoms with Crippen molar-refractivity contribution in [3.8, 4) is 0 Å². The summed E-state index contributed by atoms with van der Waals surface area (Å²) in [6.45, 7) is 5.97. The van der Waals surface area contributed by atoms with Gasteiger partial charge in [0, 0.05) is 12.6 Å². The number of nitrogens with one attached hydrogen (secondary N) is 1. The topological polar surface area (TPSA) is 86.6 Å². The Morgan fingerprint density at radius 2 is 1.88 bits per heavy atom. The van der Waals surface area contributed by atoms with Gasteiger partial charge in [-0.05, 0) is 11.8 Å². The zero-order valence-corrected chi connectivity index (χ0v) is 11.3. The number of carboxylic acid groups (broad SMARTS) is 1. The summed E-state index contributed by atoms with van der Waals surface area (Å²) in [5.74, 6) is -1.06. The highest BCUT2D eigenvalue weighted by Crippen LogP contribution is 2.21. The van der Waals surface area contributed by atoms with E-state index < -0.39 is 5.97 Å². The lowest BCUT2D eigenvalue weighted by molar-refractivity contribution is -0.133. The number of hydrogen-bond acceptors (Lipinski definition) is 4. The van der Waals surface area contributed by atoms with Crippen LogP contribution in [0.2, 0.25) is 0 Å². The number of rotatable bonds is 7. The number of carbonyl (C=O) groups is 2. The molecule has 0 aromatic heterocycles. The van der Waals surface area contributed by atoms with Crippen molar-refractivity contribution in [2.45, 2.75) is 33.2 Å². The maximum absolute atomic E-state index is 11.5. The highest BCUT2D eigenvalue weighted by molar-refractivity contribution is 8.00. The lowest BCUT2D eigenvalue weighted by Crippen LogP contribution is -2.45. The first-order valence-electron chi connectivity index (χ1n) is 5.47. The molecule has 6 heteroatoms. The van der Waals surface area contributed by atoms with Gasteiger partial charge in [0.05, 0.1) is 11.5 Å². The van der Waals surface area contributed by atoms with Crippen molar-refractivity contribution in [2.24, 2.45) is 5.41 Å². The Kier molecular flexibility index (Phi) is 7.22. The van der Waals surface area contributed by atoms with Crippen LogP contribution >= 0.6 is 11.8 Å². The van der Waals surface area contributed by atoms with Gasteiger partial charge in [0.1, 0.15) is 0 Å². The minimum Gasteiger partial charge on any atom is -0.481 e. The largest absolute Gasteiger partial charge is 0.481 e. The lowest BCUT2D eigenvalue weighted by atomic mass is 9.85. The summed E-state index contributed by atoms with van der Waals surface area (Å²) in [7, 11) is 0. The van der Waals surface area contributed by atoms with Gasteiger partial charge in [-0.25, -0.2) is 0 Å². The van der Waals surface area contributed by atoms with E-state index in [4.69, 9.17) is 10.2 Å². The van der Waals surface area contributed by atoms with Gasteiger partial charge in [0.25, 0.3) is 0 Å². The maximum atomic E-state index is 11.5. The first kappa shape index (κ1) is 16.2. The molecule has 0 aromatic rings. The maximum Gasteiger partial charge on any atom is 0.313 e. The molecule has 0 saturated heterocycles. The van der Waals surface area contributed by atoms with Crippen LogP contribution in [0, 0.1) is 5.41 Å². The van der Waals surface area contributed by atoms with E-state index in [-0.39, 0.29) is 35.5 Å². The number of aliphatic hydroxyl groups is 1. The van der Waals surface area contributed by atoms with Gasteiger partial charge in [-0.1, -0.05) is 20.8 Å². The number of thioether (sulfide) groups is 1. The fraction of sp³-hybridized carbons (Fsp3) is 0.818. The van der Waals surface area contributed by atoms with Gasteiger partial charge in [-0.2, -0.15) is 0 Å². The molecule has 0 fully saturated rings. The van der Waals surface area contributed by atoms with E-state index in [0.717, 1.165) is 11.8 Å². The monoisotopic (exact) mass is 263 g/mol. The molecule has 1 amide bonds. The summed E-state index contributed by atoms with van der Waals surface area (Å²) in [6, 6.07) is -0.106. The molecule has 5 nitrogen and oxygen atoms in total. The van der Waals surface area contributed by atoms with Crippen LogP contribution in [0.3, 0.4) is 0 Å². The second-order valence-corrected chi connectivity index (χ2v) is 5.87. The molecule has 0 radical (unpaired) electrons. The molecule has 0 saturated carbocycles. The van der Waals surface area contributed by atoms with Gasteiger partial charge in [0.2, 0.25) is 5.91 Å². The molecular weight excluding hydrogens is 242 g/mol. The van der Waals surface area contributed by atoms with Crippen LogP contribution in [0.1, 0.15) is 27.2 Å². The molecule has 1 unspecified atom stereocenters. The quantitative estimate of drug-likeness (QED) is 0.630. The van der Waals surface area contributed by atoms with Gasteiger partial charge in [-0.15, -0.1) is 11.8 Å². The van der Waals surface area contributed by atoms with Gasteiger partial charge >= 0.3 is 5.97 Å². The average molecular weight is 263 g/mol. The number of carboxylic acids is 1. The van der Waals surface area contributed by atoms with Crippen molar-refractivity contribution in [1.82, 2.24) is 5.32 Å². The smallest absolute Gasteiger partial charge is 0.313 e. The molecule has 0 heterocycles. The normalized spacial score (nSPS) is 13.2. The summed E-state index contributed by atoms with van der Waals surface area (Å²) in [5, 5.41) is 20.2. The van der Waals surface area contributed by atoms with Crippen LogP contribution in [0.5, 0.6) is 0 Å². The van der Waals surface area contributed by atoms with Crippen molar-refractivity contribution in [3.63, 3.8) is 0 Å². The molecule has 0 bridgehead atoms. The minimum atomic E-state index is -0.925. The first-order valence-corrected chi connectivity index (χ1v) is 6.62. The van der Waals surface area contributed by atoms with Crippen LogP contribution in [0.15, 0.2) is 0 Å². The summed E-state index contributed by atoms with van der Waals surface area (Å²) in [5.41, 5.74) is -0.129. The fourth-order valence-corrected chi connectivity index (χ4v) is 1.86. The summed E-state index contributed by atoms with van der Waals surface area (Å²) >= 11 is 1.07. The predicted molar refractivity (Wildman–Crippen MR) is 68.0 cm³/mol. The average Bonchev–Trinajstić information content (AvgIpc) is 2.15. The van der Waals surface area contributed by atoms with Gasteiger partial charge < -0.3 is 15.5 Å². The fourth-order valence-electron chi connectivity index (χ4n) is 1.32. The Hall–Kier alpha value is -0.750. The molecular formula is C11H21NO4S. The highest BCUT2D eigenvalue weighted by Gasteiger charge is 2.25. The third-order valence-electron chi connectivity index (χ3n) is 2.26. The standard InChI is InChI=1S/C11H21NO4S/c1-11(2,3)8(4-5-13)12-9(14)6-17-7-10(15)16/h8,13H,4-7H2,1-3H3,(H,12,14)(H,15,16). The Morgan fingerprint density at radius 1 is 1.29 bits per heavy atom. The number of carbonyl (C=O) groups excluding carboxylic acids is 1. The molecule has 17 heavy (non-hydrogen) atoms. The van der Waals surface area contributed by atoms with Crippen molar-refractivity contribution < 1.29 is 19.8 Å². The summed E-state index contributed by atoms with van der Waals surface area (Å²) < 4.78 is 0. The second kappa shape index (κ2) is 7.55. The molecule has 0 aliphatic rings. The number of amides is 1. The molecule has 0 spiro atoms. The van der Waals surface area contributed by atoms with E-state index in [1.807, 2.05) is 20.8 Å². The zero-order chi connectivity index (χ0) is 13.5. The SMILES string of the molecule is CC(C)(C)C(CCO)NC(=O)CSCC(=O)O. The Bertz CT molecular complexity index is 263. The van der Waals surface area contributed by atoms with Crippen molar-refractivity contribution in [3.05, 3.63) is 0 Å². The van der Waals surface area contributed by atoms with Gasteiger partial charge in [0.15, 0.2) is 0 Å². The van der Waals surface area contributed by atoms with E-state index >= 15 is 0 Å². The van der Waals surface area contributed by atoms with Crippen LogP contribution in [0.4, 0.5) is 0 Å². The van der Waals surface area contributed by atoms with Crippen LogP contribution in [0.25, 0.3) is 0 Å². The van der Waals surface area contributed by atoms with E-state index in [0.29, 0.717) is 6.42 Å². The Morgan fingerprint density at radius 3 is 2.29 bits per heavy atom. The molecule has 1 atom stereocenters. The third kappa shape index (κ3) is 8.04. The molecule has 0 aliphatic heterocycles. The minimum absolute atomic E-state index is 0.0183. The van der Waals surface area contributed by atoms with Crippen LogP contribution < -0.4 is 5.32 Å². The zero-order valence-electron chi connectivity index (χ0n) is 10.5. The third-order valence-corrected chi connectivity index (χ3v) is 3.17. The summed E-state index contributed by atoms with van der Waals surface area (Å²) in [6.07, 6.45) is 0.499. The molecule has 0 aromatic carbocycles. The molecule has 3 N–H and O–H groups in total. The van der Waals surface area contributed by atoms with E-state index in [1.165, 1.54) is 0 Å². The van der Waals surface area contributed by atoms with Crippen LogP contribution in [-0.4, -0.2) is 46.2 Å². The molecule has 0 aliphatic carbocycles. The molecule has 100 valence electrons. The first-order chi connectivity index (χ1) is 7.77. The van der Waals surface area contributed by atoms with Crippen molar-refractivity contribution in [2.75, 3.05) is 18.1 Å². The van der Waals surface area contributed by atoms with E-state index in [1.54, 1.807) is 0 Å². The molecule has 0 rings (SSSR count). The van der Waals surface area contributed by atoms with Crippen LogP contribution in [-0.2, 0) is 9.59 Å². The van der Waals surface area contributed by atoms with Crippen molar-refractivity contribution >= 4 is 23.6 Å². The van der Waals surface area contributed by atoms with Crippen molar-refractivity contribution in [1.29, 1.82) is 0 Å². The number of aliphatic carboxylic acids is 1. The van der Waals surface area contributed by atoms with Gasteiger partial charge in [-0.3, -0.25) is 9.59 Å². The Labute approximate surface area is 106 Å². The predicted octanol–water partition coefficient (Wildman–Crippen LogP) is 0.717. The second-order valence-electron chi connectivity index (χ2n) is 4.88. The number of hydrogen-bond donors (Lipinski definition) is 3. The lowest BCUT2D eigenvalue weighted by Gasteiger charge is -2.31. The summed E-state index contributed by atoms with van der Waals surface area (Å²) in [4.78, 5) is 21.8. The van der Waals surface area contributed by atoms with E-state index in [2.05, 4.69) is 5.32 Å². The van der Waals surface area contributed by atoms with E-state index in [9.17, 15) is 9.59 Å². The Balaban J connectivity index is 4.09.